The minimum atomic E-state index is -0.155. The third kappa shape index (κ3) is 4.62. The Morgan fingerprint density at radius 3 is 2.45 bits per heavy atom. The van der Waals surface area contributed by atoms with Gasteiger partial charge in [0.05, 0.1) is 12.2 Å². The Morgan fingerprint density at radius 1 is 0.968 bits per heavy atom. The molecule has 0 saturated heterocycles. The number of fused-ring (bicyclic) bond motifs is 1. The SMILES string of the molecule is Cc1cc(C)nc(-n2nc(C)cc2NC(=O)CNC(C)c2cccc3ccccc23)n1. The molecule has 0 fully saturated rings. The van der Waals surface area contributed by atoms with E-state index in [0.29, 0.717) is 11.8 Å². The summed E-state index contributed by atoms with van der Waals surface area (Å²) in [4.78, 5) is 21.6. The Kier molecular flexibility index (Phi) is 5.77. The maximum atomic E-state index is 12.7. The minimum absolute atomic E-state index is 0.0197. The summed E-state index contributed by atoms with van der Waals surface area (Å²) in [6, 6.07) is 18.2. The van der Waals surface area contributed by atoms with E-state index in [4.69, 9.17) is 0 Å². The summed E-state index contributed by atoms with van der Waals surface area (Å²) in [6.07, 6.45) is 0. The number of hydrogen-bond acceptors (Lipinski definition) is 5. The van der Waals surface area contributed by atoms with Crippen LogP contribution in [0.2, 0.25) is 0 Å². The molecule has 1 amide bonds. The van der Waals surface area contributed by atoms with Crippen LogP contribution in [0.5, 0.6) is 0 Å². The number of benzene rings is 2. The lowest BCUT2D eigenvalue weighted by molar-refractivity contribution is -0.115. The third-order valence-electron chi connectivity index (χ3n) is 5.12. The van der Waals surface area contributed by atoms with Crippen LogP contribution in [0.25, 0.3) is 16.7 Å². The second-order valence-corrected chi connectivity index (χ2v) is 7.75. The zero-order valence-corrected chi connectivity index (χ0v) is 18.2. The van der Waals surface area contributed by atoms with E-state index >= 15 is 0 Å². The molecule has 0 bridgehead atoms. The molecule has 158 valence electrons. The van der Waals surface area contributed by atoms with Gasteiger partial charge in [-0.2, -0.15) is 9.78 Å². The van der Waals surface area contributed by atoms with Crippen LogP contribution in [-0.4, -0.2) is 32.2 Å². The van der Waals surface area contributed by atoms with Gasteiger partial charge in [0, 0.05) is 23.5 Å². The Morgan fingerprint density at radius 2 is 1.68 bits per heavy atom. The fourth-order valence-corrected chi connectivity index (χ4v) is 3.71. The van der Waals surface area contributed by atoms with Crippen LogP contribution in [0.15, 0.2) is 54.6 Å². The number of anilines is 1. The van der Waals surface area contributed by atoms with Crippen LogP contribution in [0, 0.1) is 20.8 Å². The van der Waals surface area contributed by atoms with Gasteiger partial charge in [0.15, 0.2) is 0 Å². The van der Waals surface area contributed by atoms with Crippen LogP contribution in [-0.2, 0) is 4.79 Å². The molecular formula is C24H26N6O. The quantitative estimate of drug-likeness (QED) is 0.498. The molecule has 0 aliphatic carbocycles. The predicted octanol–water partition coefficient (Wildman–Crippen LogP) is 4.03. The Hall–Kier alpha value is -3.58. The first-order valence-corrected chi connectivity index (χ1v) is 10.3. The number of hydrogen-bond donors (Lipinski definition) is 2. The monoisotopic (exact) mass is 414 g/mol. The second-order valence-electron chi connectivity index (χ2n) is 7.75. The second kappa shape index (κ2) is 8.65. The molecule has 7 heteroatoms. The van der Waals surface area contributed by atoms with Crippen LogP contribution < -0.4 is 10.6 Å². The molecule has 1 atom stereocenters. The van der Waals surface area contributed by atoms with E-state index in [1.54, 1.807) is 4.68 Å². The van der Waals surface area contributed by atoms with Gasteiger partial charge < -0.3 is 10.6 Å². The minimum Gasteiger partial charge on any atom is -0.309 e. The third-order valence-corrected chi connectivity index (χ3v) is 5.12. The highest BCUT2D eigenvalue weighted by Gasteiger charge is 2.15. The van der Waals surface area contributed by atoms with Crippen LogP contribution in [0.1, 0.15) is 35.6 Å². The van der Waals surface area contributed by atoms with Gasteiger partial charge in [-0.05, 0) is 50.1 Å². The van der Waals surface area contributed by atoms with E-state index in [-0.39, 0.29) is 18.5 Å². The summed E-state index contributed by atoms with van der Waals surface area (Å²) >= 11 is 0. The van der Waals surface area contributed by atoms with E-state index < -0.39 is 0 Å². The highest BCUT2D eigenvalue weighted by Crippen LogP contribution is 2.24. The van der Waals surface area contributed by atoms with Crippen molar-refractivity contribution in [2.75, 3.05) is 11.9 Å². The van der Waals surface area contributed by atoms with Gasteiger partial charge >= 0.3 is 0 Å². The van der Waals surface area contributed by atoms with Gasteiger partial charge in [0.1, 0.15) is 5.82 Å². The smallest absolute Gasteiger partial charge is 0.252 e. The van der Waals surface area contributed by atoms with E-state index in [1.807, 2.05) is 51.1 Å². The Labute approximate surface area is 181 Å². The van der Waals surface area contributed by atoms with E-state index in [0.717, 1.165) is 22.6 Å². The molecule has 2 aromatic heterocycles. The molecule has 2 heterocycles. The highest BCUT2D eigenvalue weighted by atomic mass is 16.2. The fraction of sp³-hybridized carbons (Fsp3) is 0.250. The topological polar surface area (TPSA) is 84.7 Å². The molecule has 0 aliphatic heterocycles. The maximum absolute atomic E-state index is 12.7. The van der Waals surface area contributed by atoms with Gasteiger partial charge in [-0.1, -0.05) is 42.5 Å². The normalized spacial score (nSPS) is 12.1. The molecule has 2 aromatic carbocycles. The van der Waals surface area contributed by atoms with Crippen molar-refractivity contribution >= 4 is 22.5 Å². The molecule has 0 spiro atoms. The summed E-state index contributed by atoms with van der Waals surface area (Å²) in [6.45, 7) is 7.92. The zero-order valence-electron chi connectivity index (χ0n) is 18.2. The van der Waals surface area contributed by atoms with Crippen LogP contribution in [0.4, 0.5) is 5.82 Å². The molecule has 31 heavy (non-hydrogen) atoms. The van der Waals surface area contributed by atoms with E-state index in [2.05, 4.69) is 56.9 Å². The van der Waals surface area contributed by atoms with Gasteiger partial charge in [0.2, 0.25) is 5.91 Å². The first-order valence-electron chi connectivity index (χ1n) is 10.3. The van der Waals surface area contributed by atoms with Crippen molar-refractivity contribution in [2.45, 2.75) is 33.7 Å². The molecule has 0 radical (unpaired) electrons. The number of aromatic nitrogens is 4. The first-order chi connectivity index (χ1) is 14.9. The van der Waals surface area contributed by atoms with Gasteiger partial charge in [-0.25, -0.2) is 9.97 Å². The lowest BCUT2D eigenvalue weighted by Gasteiger charge is -2.16. The zero-order chi connectivity index (χ0) is 22.0. The summed E-state index contributed by atoms with van der Waals surface area (Å²) in [5.74, 6) is 0.836. The molecule has 0 aliphatic rings. The molecule has 4 rings (SSSR count). The van der Waals surface area contributed by atoms with Crippen molar-refractivity contribution in [3.8, 4) is 5.95 Å². The predicted molar refractivity (Wildman–Crippen MR) is 122 cm³/mol. The maximum Gasteiger partial charge on any atom is 0.252 e. The number of rotatable bonds is 6. The average Bonchev–Trinajstić information content (AvgIpc) is 3.11. The molecule has 4 aromatic rings. The number of carbonyl (C=O) groups is 1. The Bertz CT molecular complexity index is 1220. The average molecular weight is 415 g/mol. The lowest BCUT2D eigenvalue weighted by atomic mass is 10.00. The summed E-state index contributed by atoms with van der Waals surface area (Å²) in [7, 11) is 0. The Balaban J connectivity index is 1.47. The highest BCUT2D eigenvalue weighted by molar-refractivity contribution is 5.92. The number of aryl methyl sites for hydroxylation is 3. The van der Waals surface area contributed by atoms with Crippen molar-refractivity contribution in [3.05, 3.63) is 77.2 Å². The van der Waals surface area contributed by atoms with Crippen molar-refractivity contribution in [2.24, 2.45) is 0 Å². The molecule has 1 unspecified atom stereocenters. The molecular weight excluding hydrogens is 388 g/mol. The van der Waals surface area contributed by atoms with Crippen LogP contribution >= 0.6 is 0 Å². The largest absolute Gasteiger partial charge is 0.309 e. The van der Waals surface area contributed by atoms with Crippen molar-refractivity contribution in [1.82, 2.24) is 25.1 Å². The molecule has 2 N–H and O–H groups in total. The fourth-order valence-electron chi connectivity index (χ4n) is 3.71. The summed E-state index contributed by atoms with van der Waals surface area (Å²) < 4.78 is 1.57. The van der Waals surface area contributed by atoms with Gasteiger partial charge in [-0.15, -0.1) is 0 Å². The summed E-state index contributed by atoms with van der Waals surface area (Å²) in [5.41, 5.74) is 3.63. The number of amides is 1. The van der Waals surface area contributed by atoms with Gasteiger partial charge in [-0.3, -0.25) is 4.79 Å². The van der Waals surface area contributed by atoms with Crippen molar-refractivity contribution < 1.29 is 4.79 Å². The number of nitrogens with zero attached hydrogens (tertiary/aromatic N) is 4. The van der Waals surface area contributed by atoms with Gasteiger partial charge in [0.25, 0.3) is 5.95 Å². The first kappa shape index (κ1) is 20.7. The van der Waals surface area contributed by atoms with E-state index in [9.17, 15) is 4.79 Å². The standard InChI is InChI=1S/C24H26N6O/c1-15-12-16(2)27-24(26-15)30-22(13-17(3)29-30)28-23(31)14-25-18(4)20-11-7-9-19-8-5-6-10-21(19)20/h5-13,18,25H,14H2,1-4H3,(H,28,31). The van der Waals surface area contributed by atoms with Crippen molar-refractivity contribution in [1.29, 1.82) is 0 Å². The number of carbonyl (C=O) groups excluding carboxylic acids is 1. The number of nitrogens with one attached hydrogen (secondary N) is 2. The molecule has 0 saturated carbocycles. The summed E-state index contributed by atoms with van der Waals surface area (Å²) in [5, 5.41) is 13.1. The molecule has 7 nitrogen and oxygen atoms in total. The van der Waals surface area contributed by atoms with Crippen molar-refractivity contribution in [3.63, 3.8) is 0 Å². The lowest BCUT2D eigenvalue weighted by Crippen LogP contribution is -2.31. The van der Waals surface area contributed by atoms with Crippen LogP contribution in [0.3, 0.4) is 0 Å². The van der Waals surface area contributed by atoms with E-state index in [1.165, 1.54) is 10.8 Å².